The maximum atomic E-state index is 14.8. The van der Waals surface area contributed by atoms with Crippen molar-refractivity contribution in [1.29, 1.82) is 0 Å². The van der Waals surface area contributed by atoms with E-state index in [1.54, 1.807) is 44.7 Å². The van der Waals surface area contributed by atoms with Crippen LogP contribution in [0.25, 0.3) is 0 Å². The van der Waals surface area contributed by atoms with E-state index in [0.717, 1.165) is 17.7 Å². The van der Waals surface area contributed by atoms with Gasteiger partial charge in [0.05, 0.1) is 39.9 Å². The zero-order chi connectivity index (χ0) is 30.2. The summed E-state index contributed by atoms with van der Waals surface area (Å²) in [7, 11) is 0. The molecule has 2 aromatic rings. The number of carbonyl (C=O) groups excluding carboxylic acids is 3. The molecular weight excluding hydrogens is 570 g/mol. The molecule has 3 saturated heterocycles. The highest BCUT2D eigenvalue weighted by molar-refractivity contribution is 8.02. The topological polar surface area (TPSA) is 81.2 Å². The fraction of sp³-hybridized carbons (Fsp3) is 0.424. The average molecular weight is 608 g/mol. The molecule has 3 heterocycles. The number of para-hydroxylation sites is 2. The Hall–Kier alpha value is -3.07. The molecule has 42 heavy (non-hydrogen) atoms. The van der Waals surface area contributed by atoms with Crippen molar-refractivity contribution in [3.05, 3.63) is 84.4 Å². The van der Waals surface area contributed by atoms with Crippen molar-refractivity contribution >= 4 is 52.5 Å². The van der Waals surface area contributed by atoms with Crippen LogP contribution < -0.4 is 9.80 Å². The van der Waals surface area contributed by atoms with Crippen LogP contribution in [0.2, 0.25) is 5.02 Å². The van der Waals surface area contributed by atoms with Gasteiger partial charge in [-0.2, -0.15) is 0 Å². The van der Waals surface area contributed by atoms with Gasteiger partial charge in [-0.3, -0.25) is 14.4 Å². The third kappa shape index (κ3) is 4.77. The first-order chi connectivity index (χ1) is 20.2. The highest BCUT2D eigenvalue weighted by atomic mass is 35.5. The zero-order valence-electron chi connectivity index (χ0n) is 24.1. The summed E-state index contributed by atoms with van der Waals surface area (Å²) in [5, 5.41) is 10.8. The molecule has 7 nitrogen and oxygen atoms in total. The van der Waals surface area contributed by atoms with E-state index in [0.29, 0.717) is 30.1 Å². The second-order valence-corrected chi connectivity index (χ2v) is 13.3. The summed E-state index contributed by atoms with van der Waals surface area (Å²) in [6, 6.07) is 13.5. The van der Waals surface area contributed by atoms with Gasteiger partial charge in [0.1, 0.15) is 6.04 Å². The number of likely N-dealkylation sites (tertiary alicyclic amines) is 1. The molecule has 3 aliphatic rings. The van der Waals surface area contributed by atoms with Crippen molar-refractivity contribution in [2.24, 2.45) is 11.8 Å². The van der Waals surface area contributed by atoms with Gasteiger partial charge < -0.3 is 19.8 Å². The molecule has 6 atom stereocenters. The molecule has 5 rings (SSSR count). The highest BCUT2D eigenvalue weighted by Gasteiger charge is 2.74. The first kappa shape index (κ1) is 30.4. The number of carbonyl (C=O) groups is 3. The van der Waals surface area contributed by atoms with Crippen LogP contribution in [0.5, 0.6) is 0 Å². The minimum atomic E-state index is -0.861. The Morgan fingerprint density at radius 3 is 2.43 bits per heavy atom. The number of halogens is 1. The van der Waals surface area contributed by atoms with Crippen molar-refractivity contribution < 1.29 is 19.5 Å². The van der Waals surface area contributed by atoms with Crippen LogP contribution in [-0.2, 0) is 14.4 Å². The summed E-state index contributed by atoms with van der Waals surface area (Å²) in [5.41, 5.74) is 2.16. The summed E-state index contributed by atoms with van der Waals surface area (Å²) < 4.78 is -0.799. The molecule has 9 heteroatoms. The van der Waals surface area contributed by atoms with Crippen LogP contribution in [0.1, 0.15) is 31.7 Å². The quantitative estimate of drug-likeness (QED) is 0.353. The Bertz CT molecular complexity index is 1360. The molecule has 2 unspecified atom stereocenters. The first-order valence-electron chi connectivity index (χ1n) is 14.5. The standard InChI is InChI=1S/C33H38ClN3O4S/c1-5-18-35(23-13-9-8-10-14-23)30(39)26-25-16-17-33(42-25)27(26)31(40)37(22(7-3)20-38)29(33)32(41)36(19-6-2)28-21(4)12-11-15-24(28)34/h5-6,8-15,22,25-27,29,38H,1-2,7,16-20H2,3-4H3/t22-,25-,26+,27-,29?,33?/m0/s1. The lowest BCUT2D eigenvalue weighted by Gasteiger charge is -2.40. The Balaban J connectivity index is 1.61. The predicted molar refractivity (Wildman–Crippen MR) is 170 cm³/mol. The SMILES string of the molecule is C=CCN(C(=O)[C@@H]1[C@@H]2CCC3(S2)C(C(=O)N(CC=C)c2c(C)cccc2Cl)N([C@@H](CC)CO)C(=O)[C@H]13)c1ccccc1. The van der Waals surface area contributed by atoms with Gasteiger partial charge in [0.25, 0.3) is 5.91 Å². The van der Waals surface area contributed by atoms with E-state index in [9.17, 15) is 19.5 Å². The molecular formula is C33H38ClN3O4S. The molecule has 2 bridgehead atoms. The first-order valence-corrected chi connectivity index (χ1v) is 15.8. The molecule has 2 aromatic carbocycles. The van der Waals surface area contributed by atoms with E-state index < -0.39 is 28.7 Å². The molecule has 0 saturated carbocycles. The fourth-order valence-electron chi connectivity index (χ4n) is 7.23. The molecule has 3 fully saturated rings. The number of aliphatic hydroxyl groups excluding tert-OH is 1. The number of amides is 3. The largest absolute Gasteiger partial charge is 0.394 e. The van der Waals surface area contributed by atoms with Crippen LogP contribution >= 0.6 is 23.4 Å². The van der Waals surface area contributed by atoms with E-state index in [4.69, 9.17) is 11.6 Å². The molecule has 1 spiro atoms. The number of hydrogen-bond acceptors (Lipinski definition) is 5. The minimum absolute atomic E-state index is 0.0935. The Morgan fingerprint density at radius 2 is 1.81 bits per heavy atom. The van der Waals surface area contributed by atoms with E-state index >= 15 is 0 Å². The van der Waals surface area contributed by atoms with Crippen LogP contribution in [0.15, 0.2) is 73.8 Å². The molecule has 222 valence electrons. The summed E-state index contributed by atoms with van der Waals surface area (Å²) in [6.07, 6.45) is 5.17. The summed E-state index contributed by atoms with van der Waals surface area (Å²) in [4.78, 5) is 48.6. The number of hydrogen-bond donors (Lipinski definition) is 1. The van der Waals surface area contributed by atoms with E-state index in [-0.39, 0.29) is 36.1 Å². The van der Waals surface area contributed by atoms with Crippen LogP contribution in [0.4, 0.5) is 11.4 Å². The molecule has 0 aromatic heterocycles. The van der Waals surface area contributed by atoms with Crippen molar-refractivity contribution in [3.8, 4) is 0 Å². The third-order valence-electron chi connectivity index (χ3n) is 9.01. The van der Waals surface area contributed by atoms with Gasteiger partial charge in [0.2, 0.25) is 11.8 Å². The van der Waals surface area contributed by atoms with Crippen molar-refractivity contribution in [1.82, 2.24) is 4.90 Å². The molecule has 3 amide bonds. The zero-order valence-corrected chi connectivity index (χ0v) is 25.7. The summed E-state index contributed by atoms with van der Waals surface area (Å²) in [6.45, 7) is 11.8. The van der Waals surface area contributed by atoms with Gasteiger partial charge in [-0.1, -0.05) is 61.0 Å². The fourth-order valence-corrected chi connectivity index (χ4v) is 9.75. The number of fused-ring (bicyclic) bond motifs is 1. The Kier molecular flexibility index (Phi) is 8.88. The second-order valence-electron chi connectivity index (χ2n) is 11.3. The van der Waals surface area contributed by atoms with Crippen LogP contribution in [0.3, 0.4) is 0 Å². The monoisotopic (exact) mass is 607 g/mol. The molecule has 0 aliphatic carbocycles. The highest BCUT2D eigenvalue weighted by Crippen LogP contribution is 2.67. The second kappa shape index (κ2) is 12.3. The van der Waals surface area contributed by atoms with Crippen LogP contribution in [-0.4, -0.2) is 69.5 Å². The van der Waals surface area contributed by atoms with E-state index in [2.05, 4.69) is 13.2 Å². The number of anilines is 2. The number of nitrogens with zero attached hydrogens (tertiary/aromatic N) is 3. The van der Waals surface area contributed by atoms with Gasteiger partial charge in [0.15, 0.2) is 0 Å². The Labute approximate surface area is 257 Å². The smallest absolute Gasteiger partial charge is 0.251 e. The average Bonchev–Trinajstić information content (AvgIpc) is 3.63. The van der Waals surface area contributed by atoms with Gasteiger partial charge in [-0.05, 0) is 49.9 Å². The normalized spacial score (nSPS) is 26.6. The lowest BCUT2D eigenvalue weighted by Crippen LogP contribution is -2.57. The molecule has 3 aliphatic heterocycles. The van der Waals surface area contributed by atoms with E-state index in [1.165, 1.54) is 0 Å². The third-order valence-corrected chi connectivity index (χ3v) is 11.3. The Morgan fingerprint density at radius 1 is 1.12 bits per heavy atom. The number of aryl methyl sites for hydroxylation is 1. The summed E-state index contributed by atoms with van der Waals surface area (Å²) in [5.74, 6) is -1.90. The lowest BCUT2D eigenvalue weighted by atomic mass is 9.70. The van der Waals surface area contributed by atoms with Gasteiger partial charge in [0, 0.05) is 24.0 Å². The van der Waals surface area contributed by atoms with Crippen LogP contribution in [0, 0.1) is 18.8 Å². The van der Waals surface area contributed by atoms with Crippen molar-refractivity contribution in [3.63, 3.8) is 0 Å². The molecule has 0 radical (unpaired) electrons. The number of aliphatic hydroxyl groups is 1. The lowest BCUT2D eigenvalue weighted by molar-refractivity contribution is -0.141. The van der Waals surface area contributed by atoms with E-state index in [1.807, 2.05) is 56.3 Å². The predicted octanol–water partition coefficient (Wildman–Crippen LogP) is 5.25. The maximum absolute atomic E-state index is 14.8. The number of rotatable bonds is 11. The summed E-state index contributed by atoms with van der Waals surface area (Å²) >= 11 is 8.27. The number of benzene rings is 2. The van der Waals surface area contributed by atoms with Gasteiger partial charge in [-0.25, -0.2) is 0 Å². The van der Waals surface area contributed by atoms with Crippen molar-refractivity contribution in [2.45, 2.75) is 55.2 Å². The molecule has 1 N–H and O–H groups in total. The maximum Gasteiger partial charge on any atom is 0.251 e. The van der Waals surface area contributed by atoms with Gasteiger partial charge in [-0.15, -0.1) is 24.9 Å². The minimum Gasteiger partial charge on any atom is -0.394 e. The number of thioether (sulfide) groups is 1. The van der Waals surface area contributed by atoms with Gasteiger partial charge >= 0.3 is 0 Å². The van der Waals surface area contributed by atoms with Crippen molar-refractivity contribution in [2.75, 3.05) is 29.5 Å².